The highest BCUT2D eigenvalue weighted by Crippen LogP contribution is 2.33. The molecule has 2 aromatic rings. The van der Waals surface area contributed by atoms with Crippen molar-refractivity contribution in [3.8, 4) is 5.88 Å². The lowest BCUT2D eigenvalue weighted by molar-refractivity contribution is -0.134. The Morgan fingerprint density at radius 2 is 1.76 bits per heavy atom. The molecule has 0 atom stereocenters. The topological polar surface area (TPSA) is 95.3 Å². The molecule has 1 heterocycles. The van der Waals surface area contributed by atoms with Crippen LogP contribution in [-0.2, 0) is 21.2 Å². The van der Waals surface area contributed by atoms with E-state index in [1.807, 2.05) is 41.5 Å². The van der Waals surface area contributed by atoms with Crippen molar-refractivity contribution < 1.29 is 22.7 Å². The van der Waals surface area contributed by atoms with Gasteiger partial charge in [-0.05, 0) is 68.9 Å². The van der Waals surface area contributed by atoms with Crippen molar-refractivity contribution in [2.45, 2.75) is 72.7 Å². The molecule has 0 radical (unpaired) electrons. The Balaban J connectivity index is 2.71. The highest BCUT2D eigenvalue weighted by atomic mass is 32.2. The average Bonchev–Trinajstić information content (AvgIpc) is 3.07. The van der Waals surface area contributed by atoms with Gasteiger partial charge in [-0.3, -0.25) is 9.59 Å². The van der Waals surface area contributed by atoms with Gasteiger partial charge < -0.3 is 4.74 Å². The first-order valence-electron chi connectivity index (χ1n) is 11.1. The van der Waals surface area contributed by atoms with Gasteiger partial charge in [-0.25, -0.2) is 13.1 Å². The van der Waals surface area contributed by atoms with E-state index in [9.17, 15) is 18.0 Å². The van der Waals surface area contributed by atoms with Crippen molar-refractivity contribution in [1.29, 1.82) is 0 Å². The molecule has 180 valence electrons. The number of ether oxygens (including phenoxy) is 1. The van der Waals surface area contributed by atoms with Crippen LogP contribution in [0.15, 0.2) is 28.8 Å². The molecule has 0 unspecified atom stereocenters. The maximum atomic E-state index is 13.6. The Labute approximate surface area is 196 Å². The summed E-state index contributed by atoms with van der Waals surface area (Å²) < 4.78 is 32.0. The van der Waals surface area contributed by atoms with Gasteiger partial charge >= 0.3 is 5.97 Å². The van der Waals surface area contributed by atoms with Crippen LogP contribution < -0.4 is 4.74 Å². The largest absolute Gasteiger partial charge is 0.407 e. The van der Waals surface area contributed by atoms with Crippen LogP contribution in [0.1, 0.15) is 81.4 Å². The molecular weight excluding hydrogens is 440 g/mol. The number of esters is 1. The Bertz CT molecular complexity index is 1200. The normalized spacial score (nSPS) is 11.5. The summed E-state index contributed by atoms with van der Waals surface area (Å²) in [5.74, 6) is -0.453. The van der Waals surface area contributed by atoms with Gasteiger partial charge in [-0.15, -0.1) is 0 Å². The van der Waals surface area contributed by atoms with Crippen LogP contribution in [-0.4, -0.2) is 36.2 Å². The minimum Gasteiger partial charge on any atom is -0.407 e. The zero-order valence-corrected chi connectivity index (χ0v) is 21.6. The van der Waals surface area contributed by atoms with Crippen LogP contribution in [0.2, 0.25) is 0 Å². The molecule has 0 saturated heterocycles. The number of hydrogen-bond donors (Lipinski definition) is 0. The molecule has 0 aliphatic heterocycles. The number of sulfone groups is 1. The van der Waals surface area contributed by atoms with Gasteiger partial charge in [0.05, 0.1) is 11.1 Å². The fourth-order valence-corrected chi connectivity index (χ4v) is 4.57. The molecule has 0 saturated carbocycles. The quantitative estimate of drug-likeness (QED) is 0.375. The first kappa shape index (κ1) is 26.5. The predicted molar refractivity (Wildman–Crippen MR) is 129 cm³/mol. The predicted octanol–water partition coefficient (Wildman–Crippen LogP) is 5.00. The molecule has 0 aliphatic rings. The van der Waals surface area contributed by atoms with Gasteiger partial charge in [0.2, 0.25) is 5.88 Å². The van der Waals surface area contributed by atoms with E-state index >= 15 is 0 Å². The van der Waals surface area contributed by atoms with Crippen LogP contribution >= 0.6 is 0 Å². The summed E-state index contributed by atoms with van der Waals surface area (Å²) in [6.45, 7) is 13.7. The molecule has 0 bridgehead atoms. The molecule has 1 aromatic heterocycles. The van der Waals surface area contributed by atoms with Crippen molar-refractivity contribution in [2.75, 3.05) is 6.26 Å². The summed E-state index contributed by atoms with van der Waals surface area (Å²) in [5.41, 5.74) is 3.36. The number of carbonyl (C=O) groups excluding carboxylic acids is 2. The molecule has 1 aromatic carbocycles. The highest BCUT2D eigenvalue weighted by Gasteiger charge is 2.27. The van der Waals surface area contributed by atoms with Crippen LogP contribution in [0.4, 0.5) is 0 Å². The fraction of sp³-hybridized carbons (Fsp3) is 0.480. The Hall–Kier alpha value is -2.74. The summed E-state index contributed by atoms with van der Waals surface area (Å²) in [6.07, 6.45) is 3.42. The van der Waals surface area contributed by atoms with Crippen LogP contribution in [0.3, 0.4) is 0 Å². The lowest BCUT2D eigenvalue weighted by Crippen LogP contribution is -2.16. The molecule has 33 heavy (non-hydrogen) atoms. The average molecular weight is 475 g/mol. The third-order valence-electron chi connectivity index (χ3n) is 5.43. The van der Waals surface area contributed by atoms with Gasteiger partial charge in [0, 0.05) is 24.8 Å². The standard InChI is InChI=1S/C25H34N2O5S/c1-9-10-22(28)32-25-20(13-26-27(25)14-15(2)3)24(29)19-11-12-21(33(8,30)31)23(18(19)7)17(6)16(4)5/h11-13,15H,9-10,14H2,1-8H3. The number of ketones is 1. The van der Waals surface area contributed by atoms with Gasteiger partial charge in [0.25, 0.3) is 0 Å². The van der Waals surface area contributed by atoms with Crippen molar-refractivity contribution >= 4 is 27.2 Å². The highest BCUT2D eigenvalue weighted by molar-refractivity contribution is 7.90. The Morgan fingerprint density at radius 1 is 1.12 bits per heavy atom. The number of carbonyl (C=O) groups is 2. The maximum Gasteiger partial charge on any atom is 0.312 e. The monoisotopic (exact) mass is 474 g/mol. The summed E-state index contributed by atoms with van der Waals surface area (Å²) in [4.78, 5) is 26.1. The van der Waals surface area contributed by atoms with Crippen molar-refractivity contribution in [2.24, 2.45) is 5.92 Å². The number of benzene rings is 1. The number of hydrogen-bond acceptors (Lipinski definition) is 6. The Kier molecular flexibility index (Phi) is 8.41. The van der Waals surface area contributed by atoms with Crippen LogP contribution in [0, 0.1) is 12.8 Å². The van der Waals surface area contributed by atoms with Crippen molar-refractivity contribution in [3.05, 3.63) is 46.2 Å². The van der Waals surface area contributed by atoms with Crippen LogP contribution in [0.25, 0.3) is 5.57 Å². The summed E-state index contributed by atoms with van der Waals surface area (Å²) in [7, 11) is -3.51. The molecule has 0 fully saturated rings. The van der Waals surface area contributed by atoms with Crippen molar-refractivity contribution in [3.63, 3.8) is 0 Å². The third kappa shape index (κ3) is 5.99. The summed E-state index contributed by atoms with van der Waals surface area (Å²) in [5, 5.41) is 4.30. The fourth-order valence-electron chi connectivity index (χ4n) is 3.58. The van der Waals surface area contributed by atoms with E-state index in [2.05, 4.69) is 5.10 Å². The van der Waals surface area contributed by atoms with E-state index in [0.29, 0.717) is 29.7 Å². The third-order valence-corrected chi connectivity index (χ3v) is 6.57. The van der Waals surface area contributed by atoms with E-state index in [4.69, 9.17) is 4.74 Å². The molecule has 7 nitrogen and oxygen atoms in total. The zero-order chi connectivity index (χ0) is 25.1. The molecule has 0 N–H and O–H groups in total. The smallest absolute Gasteiger partial charge is 0.312 e. The summed E-state index contributed by atoms with van der Waals surface area (Å²) >= 11 is 0. The number of aromatic nitrogens is 2. The molecule has 0 spiro atoms. The Morgan fingerprint density at radius 3 is 2.27 bits per heavy atom. The second kappa shape index (κ2) is 10.5. The number of allylic oxidation sites excluding steroid dienone is 2. The van der Waals surface area contributed by atoms with Gasteiger partial charge in [0.15, 0.2) is 15.6 Å². The van der Waals surface area contributed by atoms with Gasteiger partial charge in [-0.1, -0.05) is 26.3 Å². The SMILES string of the molecule is CCCC(=O)Oc1c(C(=O)c2ccc(S(C)(=O)=O)c(C(C)=C(C)C)c2C)cnn1CC(C)C. The first-order chi connectivity index (χ1) is 15.3. The summed E-state index contributed by atoms with van der Waals surface area (Å²) in [6, 6.07) is 2.99. The number of nitrogens with zero attached hydrogens (tertiary/aromatic N) is 2. The van der Waals surface area contributed by atoms with Crippen LogP contribution in [0.5, 0.6) is 5.88 Å². The van der Waals surface area contributed by atoms with E-state index in [1.165, 1.54) is 23.0 Å². The molecular formula is C25H34N2O5S. The van der Waals surface area contributed by atoms with E-state index < -0.39 is 15.8 Å². The van der Waals surface area contributed by atoms with E-state index in [-0.39, 0.29) is 34.5 Å². The second-order valence-corrected chi connectivity index (χ2v) is 11.0. The van der Waals surface area contributed by atoms with Gasteiger partial charge in [0.1, 0.15) is 5.56 Å². The molecule has 0 aliphatic carbocycles. The lowest BCUT2D eigenvalue weighted by Gasteiger charge is -2.17. The van der Waals surface area contributed by atoms with Gasteiger partial charge in [-0.2, -0.15) is 5.10 Å². The van der Waals surface area contributed by atoms with E-state index in [1.54, 1.807) is 6.92 Å². The molecule has 2 rings (SSSR count). The zero-order valence-electron chi connectivity index (χ0n) is 20.8. The number of rotatable bonds is 9. The van der Waals surface area contributed by atoms with Crippen molar-refractivity contribution in [1.82, 2.24) is 9.78 Å². The molecule has 0 amide bonds. The first-order valence-corrected chi connectivity index (χ1v) is 13.0. The lowest BCUT2D eigenvalue weighted by atomic mass is 9.91. The molecule has 8 heteroatoms. The minimum absolute atomic E-state index is 0.124. The maximum absolute atomic E-state index is 13.6. The second-order valence-electron chi connectivity index (χ2n) is 9.00. The minimum atomic E-state index is -3.51. The van der Waals surface area contributed by atoms with E-state index in [0.717, 1.165) is 17.4 Å².